The minimum Gasteiger partial charge on any atom is -0.507 e. The molecule has 1 saturated heterocycles. The van der Waals surface area contributed by atoms with Gasteiger partial charge in [0.2, 0.25) is 0 Å². The Bertz CT molecular complexity index is 1360. The van der Waals surface area contributed by atoms with Crippen LogP contribution >= 0.6 is 0 Å². The van der Waals surface area contributed by atoms with Gasteiger partial charge in [0.05, 0.1) is 30.9 Å². The first kappa shape index (κ1) is 25.6. The maximum Gasteiger partial charge on any atom is 0.338 e. The number of pyridine rings is 1. The summed E-state index contributed by atoms with van der Waals surface area (Å²) in [4.78, 5) is 44.4. The van der Waals surface area contributed by atoms with Gasteiger partial charge in [0.15, 0.2) is 0 Å². The number of amides is 1. The molecule has 1 fully saturated rings. The molecule has 1 aliphatic rings. The van der Waals surface area contributed by atoms with Crippen LogP contribution in [-0.2, 0) is 14.3 Å². The number of esters is 1. The number of methoxy groups -OCH3 is 1. The summed E-state index contributed by atoms with van der Waals surface area (Å²) in [5.74, 6) is -1.55. The van der Waals surface area contributed by atoms with Gasteiger partial charge in [-0.15, -0.1) is 0 Å². The second-order valence-corrected chi connectivity index (χ2v) is 9.18. The fourth-order valence-electron chi connectivity index (χ4n) is 4.22. The van der Waals surface area contributed by atoms with E-state index >= 15 is 0 Å². The minimum atomic E-state index is -0.921. The Morgan fingerprint density at radius 3 is 2.38 bits per heavy atom. The van der Waals surface area contributed by atoms with E-state index in [1.807, 2.05) is 20.8 Å². The van der Waals surface area contributed by atoms with Gasteiger partial charge in [-0.05, 0) is 72.5 Å². The molecular weight excluding hydrogens is 472 g/mol. The topological polar surface area (TPSA) is 106 Å². The highest BCUT2D eigenvalue weighted by Gasteiger charge is 2.47. The lowest BCUT2D eigenvalue weighted by molar-refractivity contribution is -0.132. The molecule has 37 heavy (non-hydrogen) atoms. The summed E-state index contributed by atoms with van der Waals surface area (Å²) in [5, 5.41) is 11.3. The zero-order chi connectivity index (χ0) is 26.7. The predicted octanol–water partition coefficient (Wildman–Crippen LogP) is 4.84. The average Bonchev–Trinajstić information content (AvgIpc) is 3.17. The number of anilines is 1. The normalized spacial score (nSPS) is 16.8. The van der Waals surface area contributed by atoms with Gasteiger partial charge in [-0.3, -0.25) is 19.5 Å². The van der Waals surface area contributed by atoms with Gasteiger partial charge in [0, 0.05) is 23.6 Å². The van der Waals surface area contributed by atoms with Gasteiger partial charge < -0.3 is 14.6 Å². The number of nitrogens with zero attached hydrogens (tertiary/aromatic N) is 2. The molecule has 3 aromatic rings. The van der Waals surface area contributed by atoms with E-state index in [0.29, 0.717) is 34.7 Å². The molecule has 190 valence electrons. The van der Waals surface area contributed by atoms with Crippen LogP contribution in [0.1, 0.15) is 46.9 Å². The van der Waals surface area contributed by atoms with Crippen molar-refractivity contribution in [1.29, 1.82) is 0 Å². The zero-order valence-corrected chi connectivity index (χ0v) is 21.1. The van der Waals surface area contributed by atoms with Crippen LogP contribution in [0, 0.1) is 12.8 Å². The largest absolute Gasteiger partial charge is 0.507 e. The molecule has 0 saturated carbocycles. The fraction of sp³-hybridized carbons (Fsp3) is 0.241. The number of ether oxygens (including phenoxy) is 2. The van der Waals surface area contributed by atoms with Crippen molar-refractivity contribution in [3.05, 3.63) is 94.8 Å². The number of benzene rings is 2. The van der Waals surface area contributed by atoms with E-state index in [0.717, 1.165) is 5.56 Å². The Morgan fingerprint density at radius 1 is 1.08 bits per heavy atom. The molecule has 4 rings (SSSR count). The number of carbonyl (C=O) groups is 3. The van der Waals surface area contributed by atoms with Crippen molar-refractivity contribution in [2.75, 3.05) is 18.6 Å². The molecule has 0 bridgehead atoms. The molecule has 8 nitrogen and oxygen atoms in total. The second kappa shape index (κ2) is 10.7. The first-order valence-electron chi connectivity index (χ1n) is 11.9. The molecule has 1 aromatic heterocycles. The van der Waals surface area contributed by atoms with Crippen LogP contribution in [-0.4, -0.2) is 41.5 Å². The Balaban J connectivity index is 1.78. The standard InChI is InChI=1S/C29H28N2O6/c1-17(2)16-37-29(35)19-7-10-22(11-8-19)31-25(21-6-5-13-30-15-21)24(27(33)28(31)34)26(32)20-9-12-23(36-4)18(3)14-20/h5-15,17,25,32H,16H2,1-4H3/b26-24-. The van der Waals surface area contributed by atoms with Gasteiger partial charge >= 0.3 is 5.97 Å². The first-order chi connectivity index (χ1) is 17.7. The predicted molar refractivity (Wildman–Crippen MR) is 138 cm³/mol. The van der Waals surface area contributed by atoms with E-state index in [4.69, 9.17) is 9.47 Å². The third kappa shape index (κ3) is 5.09. The molecule has 1 aliphatic heterocycles. The Morgan fingerprint density at radius 2 is 1.78 bits per heavy atom. The van der Waals surface area contributed by atoms with Crippen LogP contribution in [0.2, 0.25) is 0 Å². The summed E-state index contributed by atoms with van der Waals surface area (Å²) >= 11 is 0. The van der Waals surface area contributed by atoms with Crippen LogP contribution in [0.5, 0.6) is 5.75 Å². The van der Waals surface area contributed by atoms with Gasteiger partial charge in [-0.1, -0.05) is 19.9 Å². The number of hydrogen-bond donors (Lipinski definition) is 1. The van der Waals surface area contributed by atoms with Crippen molar-refractivity contribution < 1.29 is 29.0 Å². The third-order valence-electron chi connectivity index (χ3n) is 6.04. The number of carbonyl (C=O) groups excluding carboxylic acids is 3. The van der Waals surface area contributed by atoms with Crippen LogP contribution in [0.3, 0.4) is 0 Å². The van der Waals surface area contributed by atoms with Crippen molar-refractivity contribution in [3.8, 4) is 5.75 Å². The van der Waals surface area contributed by atoms with E-state index < -0.39 is 23.7 Å². The van der Waals surface area contributed by atoms with Gasteiger partial charge in [0.1, 0.15) is 11.5 Å². The lowest BCUT2D eigenvalue weighted by atomic mass is 9.95. The van der Waals surface area contributed by atoms with Crippen LogP contribution < -0.4 is 9.64 Å². The van der Waals surface area contributed by atoms with Gasteiger partial charge in [-0.2, -0.15) is 0 Å². The van der Waals surface area contributed by atoms with Crippen molar-refractivity contribution in [2.45, 2.75) is 26.8 Å². The molecule has 1 amide bonds. The second-order valence-electron chi connectivity index (χ2n) is 9.18. The highest BCUT2D eigenvalue weighted by molar-refractivity contribution is 6.51. The van der Waals surface area contributed by atoms with Crippen molar-refractivity contribution >= 4 is 29.1 Å². The zero-order valence-electron chi connectivity index (χ0n) is 21.1. The van der Waals surface area contributed by atoms with Crippen molar-refractivity contribution in [3.63, 3.8) is 0 Å². The summed E-state index contributed by atoms with van der Waals surface area (Å²) in [6.07, 6.45) is 3.13. The summed E-state index contributed by atoms with van der Waals surface area (Å²) in [7, 11) is 1.55. The molecule has 0 spiro atoms. The maximum absolute atomic E-state index is 13.3. The molecule has 2 heterocycles. The molecule has 1 atom stereocenters. The van der Waals surface area contributed by atoms with Crippen LogP contribution in [0.15, 0.2) is 72.6 Å². The summed E-state index contributed by atoms with van der Waals surface area (Å²) in [5.41, 5.74) is 2.36. The van der Waals surface area contributed by atoms with Crippen LogP contribution in [0.4, 0.5) is 5.69 Å². The quantitative estimate of drug-likeness (QED) is 0.214. The fourth-order valence-corrected chi connectivity index (χ4v) is 4.22. The number of aryl methyl sites for hydroxylation is 1. The van der Waals surface area contributed by atoms with Crippen LogP contribution in [0.25, 0.3) is 5.76 Å². The molecule has 1 unspecified atom stereocenters. The van der Waals surface area contributed by atoms with E-state index in [1.165, 1.54) is 4.90 Å². The lowest BCUT2D eigenvalue weighted by Gasteiger charge is -2.25. The number of aliphatic hydroxyl groups is 1. The van der Waals surface area contributed by atoms with Crippen molar-refractivity contribution in [1.82, 2.24) is 4.98 Å². The summed E-state index contributed by atoms with van der Waals surface area (Å²) in [6, 6.07) is 13.8. The van der Waals surface area contributed by atoms with Crippen molar-refractivity contribution in [2.24, 2.45) is 5.92 Å². The van der Waals surface area contributed by atoms with E-state index in [2.05, 4.69) is 4.98 Å². The van der Waals surface area contributed by atoms with Gasteiger partial charge in [-0.25, -0.2) is 4.79 Å². The Hall–Kier alpha value is -4.46. The highest BCUT2D eigenvalue weighted by Crippen LogP contribution is 2.42. The number of aromatic nitrogens is 1. The molecule has 0 aliphatic carbocycles. The number of hydrogen-bond acceptors (Lipinski definition) is 7. The molecular formula is C29H28N2O6. The minimum absolute atomic E-state index is 0.0528. The van der Waals surface area contributed by atoms with Gasteiger partial charge in [0.25, 0.3) is 11.7 Å². The average molecular weight is 501 g/mol. The molecule has 8 heteroatoms. The molecule has 0 radical (unpaired) electrons. The number of Topliss-reactive ketones (excluding diaryl/α,β-unsaturated/α-hetero) is 1. The molecule has 1 N–H and O–H groups in total. The smallest absolute Gasteiger partial charge is 0.338 e. The van der Waals surface area contributed by atoms with E-state index in [9.17, 15) is 19.5 Å². The highest BCUT2D eigenvalue weighted by atomic mass is 16.5. The lowest BCUT2D eigenvalue weighted by Crippen LogP contribution is -2.29. The number of aliphatic hydroxyl groups excluding tert-OH is 1. The Kier molecular flexibility index (Phi) is 7.38. The number of ketones is 1. The Labute approximate surface area is 215 Å². The van der Waals surface area contributed by atoms with E-state index in [-0.39, 0.29) is 17.3 Å². The van der Waals surface area contributed by atoms with E-state index in [1.54, 1.807) is 74.1 Å². The summed E-state index contributed by atoms with van der Waals surface area (Å²) < 4.78 is 10.6. The monoisotopic (exact) mass is 500 g/mol. The molecule has 2 aromatic carbocycles. The first-order valence-corrected chi connectivity index (χ1v) is 11.9. The maximum atomic E-state index is 13.3. The third-order valence-corrected chi connectivity index (χ3v) is 6.04. The summed E-state index contributed by atoms with van der Waals surface area (Å²) in [6.45, 7) is 6.00. The SMILES string of the molecule is COc1ccc(/C(O)=C2/C(=O)C(=O)N(c3ccc(C(=O)OCC(C)C)cc3)C2c2cccnc2)cc1C. The number of rotatable bonds is 7.